The van der Waals surface area contributed by atoms with Crippen LogP contribution in [-0.4, -0.2) is 137 Å². The van der Waals surface area contributed by atoms with Crippen molar-refractivity contribution >= 4 is 23.7 Å². The van der Waals surface area contributed by atoms with Gasteiger partial charge in [-0.25, -0.2) is 4.79 Å². The average molecular weight is 930 g/mol. The first-order valence-electron chi connectivity index (χ1n) is 23.6. The third kappa shape index (κ3) is 9.08. The molecule has 17 nitrogen and oxygen atoms in total. The fourth-order valence-electron chi connectivity index (χ4n) is 12.5. The molecular formula is C49H71NO16. The molecule has 0 spiro atoms. The number of ether oxygens (including phenoxy) is 8. The molecule has 66 heavy (non-hydrogen) atoms. The summed E-state index contributed by atoms with van der Waals surface area (Å²) in [6.07, 6.45) is -6.56. The third-order valence-electron chi connectivity index (χ3n) is 16.4. The van der Waals surface area contributed by atoms with Crippen molar-refractivity contribution in [1.29, 1.82) is 0 Å². The molecular weight excluding hydrogens is 859 g/mol. The number of Topliss-reactive ketones (excluding diaryl/α,β-unsaturated/α-hetero) is 1. The highest BCUT2D eigenvalue weighted by Crippen LogP contribution is 2.70. The van der Waals surface area contributed by atoms with E-state index < -0.39 is 103 Å². The molecule has 0 bridgehead atoms. The number of hydrogen-bond acceptors (Lipinski definition) is 17. The summed E-state index contributed by atoms with van der Waals surface area (Å²) in [6, 6.07) is 6.00. The second kappa shape index (κ2) is 19.5. The smallest absolute Gasteiger partial charge is 0.338 e. The van der Waals surface area contributed by atoms with Crippen molar-refractivity contribution in [3.05, 3.63) is 41.5 Å². The number of carbonyl (C=O) groups excluding carboxylic acids is 4. The van der Waals surface area contributed by atoms with Crippen molar-refractivity contribution in [3.63, 3.8) is 0 Å². The van der Waals surface area contributed by atoms with Gasteiger partial charge in [0.25, 0.3) is 0 Å². The third-order valence-corrected chi connectivity index (χ3v) is 16.4. The molecule has 2 heterocycles. The number of ketones is 1. The molecule has 6 N–H and O–H groups in total. The van der Waals surface area contributed by atoms with Crippen LogP contribution in [0.1, 0.15) is 117 Å². The zero-order valence-corrected chi connectivity index (χ0v) is 39.5. The van der Waals surface area contributed by atoms with Crippen LogP contribution < -0.4 is 10.5 Å². The molecule has 1 aromatic carbocycles. The van der Waals surface area contributed by atoms with E-state index in [2.05, 4.69) is 13.0 Å². The number of esters is 3. The normalized spacial score (nSPS) is 41.3. The van der Waals surface area contributed by atoms with E-state index in [1.165, 1.54) is 31.7 Å². The zero-order valence-electron chi connectivity index (χ0n) is 39.5. The van der Waals surface area contributed by atoms with Gasteiger partial charge < -0.3 is 64.1 Å². The van der Waals surface area contributed by atoms with E-state index in [-0.39, 0.29) is 59.4 Å². The highest BCUT2D eigenvalue weighted by Gasteiger charge is 2.76. The summed E-state index contributed by atoms with van der Waals surface area (Å²) in [6.45, 7) is 11.8. The van der Waals surface area contributed by atoms with Gasteiger partial charge >= 0.3 is 17.9 Å². The van der Waals surface area contributed by atoms with Crippen LogP contribution in [0.5, 0.6) is 5.75 Å². The monoisotopic (exact) mass is 929 g/mol. The Morgan fingerprint density at radius 3 is 2.12 bits per heavy atom. The van der Waals surface area contributed by atoms with Crippen LogP contribution in [0.15, 0.2) is 35.9 Å². The van der Waals surface area contributed by atoms with E-state index in [9.17, 15) is 39.6 Å². The van der Waals surface area contributed by atoms with E-state index >= 15 is 0 Å². The molecule has 0 aromatic heterocycles. The molecule has 17 atom stereocenters. The highest BCUT2D eigenvalue weighted by molar-refractivity contribution is 5.89. The Bertz CT molecular complexity index is 1980. The van der Waals surface area contributed by atoms with Gasteiger partial charge in [-0.1, -0.05) is 46.3 Å². The molecule has 5 fully saturated rings. The first kappa shape index (κ1) is 50.4. The van der Waals surface area contributed by atoms with E-state index in [1.807, 2.05) is 20.8 Å². The van der Waals surface area contributed by atoms with Gasteiger partial charge in [0.1, 0.15) is 47.7 Å². The summed E-state index contributed by atoms with van der Waals surface area (Å²) in [5, 5.41) is 46.8. The molecule has 4 aliphatic carbocycles. The van der Waals surface area contributed by atoms with Gasteiger partial charge in [-0.2, -0.15) is 0 Å². The second-order valence-electron chi connectivity index (χ2n) is 20.6. The quantitative estimate of drug-likeness (QED) is 0.101. The predicted octanol–water partition coefficient (Wildman–Crippen LogP) is 3.68. The van der Waals surface area contributed by atoms with Gasteiger partial charge in [0.15, 0.2) is 24.8 Å². The Hall–Kier alpha value is -3.52. The topological polar surface area (TPSA) is 249 Å². The summed E-state index contributed by atoms with van der Waals surface area (Å²) >= 11 is 0. The van der Waals surface area contributed by atoms with Crippen LogP contribution in [-0.2, 0) is 47.5 Å². The lowest BCUT2D eigenvalue weighted by atomic mass is 9.44. The molecule has 2 aliphatic heterocycles. The summed E-state index contributed by atoms with van der Waals surface area (Å²) in [7, 11) is 1.47. The summed E-state index contributed by atoms with van der Waals surface area (Å²) in [5.74, 6) is -2.35. The molecule has 3 saturated carbocycles. The number of nitrogens with two attached hydrogens (primary N) is 1. The van der Waals surface area contributed by atoms with Crippen molar-refractivity contribution in [3.8, 4) is 5.75 Å². The van der Waals surface area contributed by atoms with Crippen molar-refractivity contribution in [1.82, 2.24) is 0 Å². The molecule has 14 unspecified atom stereocenters. The van der Waals surface area contributed by atoms with Crippen molar-refractivity contribution < 1.29 is 77.5 Å². The Kier molecular flexibility index (Phi) is 14.9. The maximum absolute atomic E-state index is 14.3. The minimum absolute atomic E-state index is 0.101. The lowest BCUT2D eigenvalue weighted by molar-refractivity contribution is -0.345. The fourth-order valence-corrected chi connectivity index (χ4v) is 12.5. The largest absolute Gasteiger partial charge is 0.497 e. The molecule has 0 amide bonds. The molecule has 368 valence electrons. The van der Waals surface area contributed by atoms with Gasteiger partial charge in [-0.15, -0.1) is 0 Å². The van der Waals surface area contributed by atoms with E-state index in [4.69, 9.17) is 43.6 Å². The Morgan fingerprint density at radius 2 is 1.48 bits per heavy atom. The highest BCUT2D eigenvalue weighted by atomic mass is 16.8. The van der Waals surface area contributed by atoms with Crippen LogP contribution >= 0.6 is 0 Å². The molecule has 7 rings (SSSR count). The molecule has 17 heteroatoms. The van der Waals surface area contributed by atoms with E-state index in [1.54, 1.807) is 19.1 Å². The number of allylic oxidation sites excluding steroid dienone is 1. The minimum Gasteiger partial charge on any atom is -0.497 e. The number of benzene rings is 1. The number of rotatable bonds is 14. The Morgan fingerprint density at radius 1 is 0.833 bits per heavy atom. The number of carbonyl (C=O) groups is 4. The van der Waals surface area contributed by atoms with Crippen molar-refractivity contribution in [2.45, 2.75) is 179 Å². The summed E-state index contributed by atoms with van der Waals surface area (Å²) in [5.41, 5.74) is 4.95. The van der Waals surface area contributed by atoms with Gasteiger partial charge in [0.05, 0.1) is 32.0 Å². The van der Waals surface area contributed by atoms with Crippen molar-refractivity contribution in [2.24, 2.45) is 40.2 Å². The number of hydrogen-bond donors (Lipinski definition) is 5. The SMILES string of the molecule is COc1ccc(C(=O)OC2C(OC3C(O)COC(OC4C[C@@]5(N)C6CC=C7CC(OC(C)=O)CCC7(C)C6CCC5(C)[C@@]4(O)[C@H](C)C(=O)CCC(C)C)C3OC(C)=O)OCC(O)C2O)cc1. The van der Waals surface area contributed by atoms with Crippen LogP contribution in [0.3, 0.4) is 0 Å². The lowest BCUT2D eigenvalue weighted by Crippen LogP contribution is -2.70. The molecule has 1 aromatic rings. The minimum atomic E-state index is -1.86. The maximum atomic E-state index is 14.3. The number of fused-ring (bicyclic) bond motifs is 5. The van der Waals surface area contributed by atoms with Crippen LogP contribution in [0.4, 0.5) is 0 Å². The Labute approximate surface area is 386 Å². The number of aliphatic hydroxyl groups excluding tert-OH is 3. The van der Waals surface area contributed by atoms with Gasteiger partial charge in [-0.05, 0) is 92.4 Å². The van der Waals surface area contributed by atoms with Crippen molar-refractivity contribution in [2.75, 3.05) is 20.3 Å². The van der Waals surface area contributed by atoms with Crippen LogP contribution in [0, 0.1) is 34.5 Å². The second-order valence-corrected chi connectivity index (χ2v) is 20.6. The number of methoxy groups -OCH3 is 1. The maximum Gasteiger partial charge on any atom is 0.338 e. The molecule has 6 aliphatic rings. The zero-order chi connectivity index (χ0) is 48.1. The first-order valence-corrected chi connectivity index (χ1v) is 23.6. The van der Waals surface area contributed by atoms with Crippen LogP contribution in [0.2, 0.25) is 0 Å². The van der Waals surface area contributed by atoms with Crippen LogP contribution in [0.25, 0.3) is 0 Å². The van der Waals surface area contributed by atoms with E-state index in [0.717, 1.165) is 19.8 Å². The lowest BCUT2D eigenvalue weighted by Gasteiger charge is -2.63. The number of aliphatic hydroxyl groups is 4. The summed E-state index contributed by atoms with van der Waals surface area (Å²) < 4.78 is 47.4. The molecule has 2 saturated heterocycles. The van der Waals surface area contributed by atoms with Gasteiger partial charge in [-0.3, -0.25) is 14.4 Å². The van der Waals surface area contributed by atoms with Gasteiger partial charge in [0.2, 0.25) is 0 Å². The predicted molar refractivity (Wildman–Crippen MR) is 234 cm³/mol. The Balaban J connectivity index is 1.20. The van der Waals surface area contributed by atoms with Gasteiger partial charge in [0, 0.05) is 43.6 Å². The standard InChI is InChI=1S/C49H71NO16/c1-25(2)9-16-35(53)26(3)49(58)38(22-48(50)34-15-12-30-21-32(62-27(4)51)17-19-46(30,6)33(34)18-20-47(48,49)7)64-45-42(63-28(5)52)40(37(55)24-61-45)66-44-41(39(56)36(54)23-60-44)65-43(57)29-10-13-31(59-8)14-11-29/h10-14,25-26,32-34,36-42,44-45,54-56,58H,9,15-24,50H2,1-8H3/t26-,32?,33?,34?,36?,37?,38?,39?,40?,41?,42?,44?,45?,46?,47?,48-,49-/m1/s1. The summed E-state index contributed by atoms with van der Waals surface area (Å²) in [4.78, 5) is 52.4. The fraction of sp³-hybridized carbons (Fsp3) is 0.755. The average Bonchev–Trinajstić information content (AvgIpc) is 3.45. The molecule has 0 radical (unpaired) electrons. The first-order chi connectivity index (χ1) is 31.1. The van der Waals surface area contributed by atoms with E-state index in [0.29, 0.717) is 37.9 Å².